The maximum absolute atomic E-state index is 10.9. The van der Waals surface area contributed by atoms with Crippen LogP contribution in [0.3, 0.4) is 0 Å². The minimum atomic E-state index is 0.0991. The first kappa shape index (κ1) is 12.5. The van der Waals surface area contributed by atoms with Crippen LogP contribution in [0.4, 0.5) is 0 Å². The minimum Gasteiger partial charge on any atom is -0.376 e. The van der Waals surface area contributed by atoms with Gasteiger partial charge in [-0.25, -0.2) is 0 Å². The van der Waals surface area contributed by atoms with Crippen molar-refractivity contribution < 1.29 is 9.53 Å². The predicted octanol–water partition coefficient (Wildman–Crippen LogP) is 0.623. The van der Waals surface area contributed by atoms with E-state index < -0.39 is 0 Å². The number of amides is 1. The number of rotatable bonds is 5. The Kier molecular flexibility index (Phi) is 5.65. The summed E-state index contributed by atoms with van der Waals surface area (Å²) in [7, 11) is 2.14. The van der Waals surface area contributed by atoms with Crippen LogP contribution in [-0.2, 0) is 9.53 Å². The van der Waals surface area contributed by atoms with Crippen LogP contribution in [0.15, 0.2) is 0 Å². The van der Waals surface area contributed by atoms with Crippen molar-refractivity contribution in [3.8, 4) is 0 Å². The molecule has 1 saturated heterocycles. The molecular formula is C11H22N2O2. The van der Waals surface area contributed by atoms with Gasteiger partial charge in [0.05, 0.1) is 12.7 Å². The van der Waals surface area contributed by atoms with Crippen LogP contribution in [0.1, 0.15) is 26.2 Å². The fourth-order valence-corrected chi connectivity index (χ4v) is 1.69. The lowest BCUT2D eigenvalue weighted by atomic mass is 10.1. The zero-order chi connectivity index (χ0) is 11.1. The number of ether oxygens (including phenoxy) is 1. The Morgan fingerprint density at radius 3 is 2.73 bits per heavy atom. The average Bonchev–Trinajstić information content (AvgIpc) is 2.26. The van der Waals surface area contributed by atoms with Gasteiger partial charge in [-0.1, -0.05) is 6.92 Å². The number of carbonyl (C=O) groups is 1. The molecule has 1 fully saturated rings. The Bertz CT molecular complexity index is 189. The molecule has 0 aromatic rings. The van der Waals surface area contributed by atoms with Crippen LogP contribution in [0.5, 0.6) is 0 Å². The molecule has 1 aliphatic rings. The van der Waals surface area contributed by atoms with E-state index in [-0.39, 0.29) is 5.91 Å². The first-order valence-corrected chi connectivity index (χ1v) is 5.79. The van der Waals surface area contributed by atoms with Gasteiger partial charge in [-0.05, 0) is 19.9 Å². The summed E-state index contributed by atoms with van der Waals surface area (Å²) in [6.07, 6.45) is 3.16. The highest BCUT2D eigenvalue weighted by molar-refractivity contribution is 5.75. The molecule has 0 atom stereocenters. The molecule has 1 rings (SSSR count). The lowest BCUT2D eigenvalue weighted by Gasteiger charge is -2.28. The van der Waals surface area contributed by atoms with E-state index in [0.717, 1.165) is 25.9 Å². The number of piperidine rings is 1. The molecular weight excluding hydrogens is 192 g/mol. The highest BCUT2D eigenvalue weighted by atomic mass is 16.5. The summed E-state index contributed by atoms with van der Waals surface area (Å²) in [5.41, 5.74) is 0. The molecule has 4 heteroatoms. The molecule has 0 spiro atoms. The molecule has 0 radical (unpaired) electrons. The molecule has 1 N–H and O–H groups in total. The molecule has 0 bridgehead atoms. The summed E-state index contributed by atoms with van der Waals surface area (Å²) in [4.78, 5) is 13.3. The van der Waals surface area contributed by atoms with Gasteiger partial charge < -0.3 is 15.0 Å². The predicted molar refractivity (Wildman–Crippen MR) is 59.8 cm³/mol. The molecule has 0 aromatic heterocycles. The number of nitrogens with one attached hydrogen (secondary N) is 1. The number of carbonyl (C=O) groups excluding carboxylic acids is 1. The monoisotopic (exact) mass is 214 g/mol. The van der Waals surface area contributed by atoms with Crippen LogP contribution in [-0.4, -0.2) is 50.2 Å². The Labute approximate surface area is 92.0 Å². The lowest BCUT2D eigenvalue weighted by molar-refractivity contribution is -0.121. The Balaban J connectivity index is 1.98. The molecule has 0 aliphatic carbocycles. The number of hydrogen-bond acceptors (Lipinski definition) is 3. The topological polar surface area (TPSA) is 41.6 Å². The van der Waals surface area contributed by atoms with Gasteiger partial charge in [0.25, 0.3) is 0 Å². The average molecular weight is 214 g/mol. The maximum atomic E-state index is 10.9. The van der Waals surface area contributed by atoms with Crippen LogP contribution >= 0.6 is 0 Å². The molecule has 0 aromatic carbocycles. The summed E-state index contributed by atoms with van der Waals surface area (Å²) in [5, 5.41) is 2.81. The fourth-order valence-electron chi connectivity index (χ4n) is 1.69. The van der Waals surface area contributed by atoms with Crippen LogP contribution in [0.25, 0.3) is 0 Å². The smallest absolute Gasteiger partial charge is 0.219 e. The summed E-state index contributed by atoms with van der Waals surface area (Å²) in [5.74, 6) is 0.0991. The van der Waals surface area contributed by atoms with E-state index in [4.69, 9.17) is 4.74 Å². The van der Waals surface area contributed by atoms with Gasteiger partial charge in [-0.3, -0.25) is 4.79 Å². The van der Waals surface area contributed by atoms with E-state index >= 15 is 0 Å². The third-order valence-corrected chi connectivity index (χ3v) is 2.76. The second-order valence-electron chi connectivity index (χ2n) is 4.08. The second kappa shape index (κ2) is 6.80. The summed E-state index contributed by atoms with van der Waals surface area (Å²) >= 11 is 0. The summed E-state index contributed by atoms with van der Waals surface area (Å²) in [6, 6.07) is 0. The number of nitrogens with zero attached hydrogens (tertiary/aromatic N) is 1. The second-order valence-corrected chi connectivity index (χ2v) is 4.08. The molecule has 0 unspecified atom stereocenters. The van der Waals surface area contributed by atoms with Crippen molar-refractivity contribution in [1.82, 2.24) is 10.2 Å². The molecule has 1 heterocycles. The maximum Gasteiger partial charge on any atom is 0.219 e. The van der Waals surface area contributed by atoms with Crippen LogP contribution in [0.2, 0.25) is 0 Å². The van der Waals surface area contributed by atoms with Crippen molar-refractivity contribution in [1.29, 1.82) is 0 Å². The van der Waals surface area contributed by atoms with Crippen molar-refractivity contribution in [2.45, 2.75) is 32.3 Å². The van der Waals surface area contributed by atoms with Gasteiger partial charge in [0.2, 0.25) is 5.91 Å². The Morgan fingerprint density at radius 2 is 2.13 bits per heavy atom. The Hall–Kier alpha value is -0.610. The van der Waals surface area contributed by atoms with Crippen LogP contribution < -0.4 is 5.32 Å². The van der Waals surface area contributed by atoms with E-state index in [0.29, 0.717) is 25.7 Å². The number of likely N-dealkylation sites (tertiary alicyclic amines) is 1. The van der Waals surface area contributed by atoms with E-state index in [1.165, 1.54) is 0 Å². The lowest BCUT2D eigenvalue weighted by Crippen LogP contribution is -2.35. The molecule has 15 heavy (non-hydrogen) atoms. The van der Waals surface area contributed by atoms with Gasteiger partial charge in [0.1, 0.15) is 0 Å². The zero-order valence-electron chi connectivity index (χ0n) is 9.79. The fraction of sp³-hybridized carbons (Fsp3) is 0.909. The van der Waals surface area contributed by atoms with Crippen molar-refractivity contribution >= 4 is 5.91 Å². The highest BCUT2D eigenvalue weighted by Crippen LogP contribution is 2.11. The van der Waals surface area contributed by atoms with E-state index in [1.54, 1.807) is 0 Å². The highest BCUT2D eigenvalue weighted by Gasteiger charge is 2.16. The van der Waals surface area contributed by atoms with Gasteiger partial charge in [-0.15, -0.1) is 0 Å². The summed E-state index contributed by atoms with van der Waals surface area (Å²) in [6.45, 7) is 5.37. The molecule has 0 saturated carbocycles. The van der Waals surface area contributed by atoms with E-state index in [9.17, 15) is 4.79 Å². The summed E-state index contributed by atoms with van der Waals surface area (Å²) < 4.78 is 5.68. The normalized spacial score (nSPS) is 19.1. The first-order valence-electron chi connectivity index (χ1n) is 5.79. The van der Waals surface area contributed by atoms with E-state index in [1.807, 2.05) is 6.92 Å². The van der Waals surface area contributed by atoms with Gasteiger partial charge in [0.15, 0.2) is 0 Å². The van der Waals surface area contributed by atoms with Gasteiger partial charge >= 0.3 is 0 Å². The van der Waals surface area contributed by atoms with Crippen molar-refractivity contribution in [2.24, 2.45) is 0 Å². The van der Waals surface area contributed by atoms with Gasteiger partial charge in [-0.2, -0.15) is 0 Å². The van der Waals surface area contributed by atoms with Crippen molar-refractivity contribution in [3.63, 3.8) is 0 Å². The van der Waals surface area contributed by atoms with E-state index in [2.05, 4.69) is 17.3 Å². The standard InChI is InChI=1S/C11H22N2O2/c1-3-11(14)12-6-9-15-10-4-7-13(2)8-5-10/h10H,3-9H2,1-2H3,(H,12,14). The van der Waals surface area contributed by atoms with Crippen molar-refractivity contribution in [3.05, 3.63) is 0 Å². The van der Waals surface area contributed by atoms with Gasteiger partial charge in [0, 0.05) is 26.1 Å². The molecule has 1 amide bonds. The third-order valence-electron chi connectivity index (χ3n) is 2.76. The molecule has 88 valence electrons. The SMILES string of the molecule is CCC(=O)NCCOC1CCN(C)CC1. The third kappa shape index (κ3) is 5.14. The van der Waals surface area contributed by atoms with Crippen LogP contribution in [0, 0.1) is 0 Å². The van der Waals surface area contributed by atoms with Crippen molar-refractivity contribution in [2.75, 3.05) is 33.3 Å². The Morgan fingerprint density at radius 1 is 1.47 bits per heavy atom. The number of hydrogen-bond donors (Lipinski definition) is 1. The molecule has 1 aliphatic heterocycles. The largest absolute Gasteiger partial charge is 0.376 e. The minimum absolute atomic E-state index is 0.0991. The zero-order valence-corrected chi connectivity index (χ0v) is 9.79. The first-order chi connectivity index (χ1) is 7.22. The molecule has 4 nitrogen and oxygen atoms in total. The quantitative estimate of drug-likeness (QED) is 0.682.